The lowest BCUT2D eigenvalue weighted by Gasteiger charge is -2.13. The van der Waals surface area contributed by atoms with E-state index in [1.165, 1.54) is 6.07 Å². The molecule has 1 aliphatic rings. The largest absolute Gasteiger partial charge is 0.507 e. The van der Waals surface area contributed by atoms with Crippen molar-refractivity contribution >= 4 is 40.5 Å². The van der Waals surface area contributed by atoms with Crippen molar-refractivity contribution in [2.75, 3.05) is 18.1 Å². The molecule has 0 spiro atoms. The molecule has 0 saturated carbocycles. The first-order valence-corrected chi connectivity index (χ1v) is 8.91. The first-order chi connectivity index (χ1) is 10.6. The monoisotopic (exact) mass is 338 g/mol. The van der Waals surface area contributed by atoms with Gasteiger partial charge in [0, 0.05) is 16.9 Å². The highest BCUT2D eigenvalue weighted by Crippen LogP contribution is 2.50. The number of phenolic OH excluding ortho intramolecular Hbond substituents is 1. The van der Waals surface area contributed by atoms with E-state index >= 15 is 0 Å². The zero-order chi connectivity index (χ0) is 15.7. The Labute approximate surface area is 135 Å². The van der Waals surface area contributed by atoms with Gasteiger partial charge in [-0.1, -0.05) is 0 Å². The Hall–Kier alpha value is -1.60. The van der Waals surface area contributed by atoms with Gasteiger partial charge in [-0.15, -0.1) is 23.5 Å². The third-order valence-electron chi connectivity index (χ3n) is 3.27. The van der Waals surface area contributed by atoms with Gasteiger partial charge in [0.05, 0.1) is 16.8 Å². The number of carbonyl (C=O) groups excluding carboxylic acids is 1. The maximum Gasteiger partial charge on any atom is 0.351 e. The van der Waals surface area contributed by atoms with Gasteiger partial charge in [0.1, 0.15) is 16.9 Å². The van der Waals surface area contributed by atoms with Crippen LogP contribution in [-0.2, 0) is 4.74 Å². The predicted octanol–water partition coefficient (Wildman–Crippen LogP) is 3.15. The predicted molar refractivity (Wildman–Crippen MR) is 87.8 cm³/mol. The van der Waals surface area contributed by atoms with Gasteiger partial charge in [-0.25, -0.2) is 9.59 Å². The number of benzene rings is 1. The topological polar surface area (TPSA) is 76.7 Å². The number of hydrogen-bond donors (Lipinski definition) is 1. The molecule has 1 saturated heterocycles. The number of thioether (sulfide) groups is 2. The average Bonchev–Trinajstić information content (AvgIpc) is 3.00. The maximum absolute atomic E-state index is 12.1. The van der Waals surface area contributed by atoms with Crippen LogP contribution in [0.25, 0.3) is 11.0 Å². The second kappa shape index (κ2) is 6.26. The molecule has 1 aromatic heterocycles. The number of rotatable bonds is 3. The molecule has 0 bridgehead atoms. The van der Waals surface area contributed by atoms with E-state index in [1.807, 2.05) is 0 Å². The van der Waals surface area contributed by atoms with Gasteiger partial charge in [0.15, 0.2) is 0 Å². The van der Waals surface area contributed by atoms with E-state index in [-0.39, 0.29) is 22.5 Å². The summed E-state index contributed by atoms with van der Waals surface area (Å²) in [5, 5.41) is 10.7. The molecule has 1 aromatic carbocycles. The first kappa shape index (κ1) is 15.3. The highest BCUT2D eigenvalue weighted by Gasteiger charge is 2.26. The quantitative estimate of drug-likeness (QED) is 0.680. The number of ether oxygens (including phenoxy) is 1. The van der Waals surface area contributed by atoms with Crippen molar-refractivity contribution in [1.82, 2.24) is 0 Å². The summed E-state index contributed by atoms with van der Waals surface area (Å²) in [7, 11) is 0. The maximum atomic E-state index is 12.1. The molecule has 5 nitrogen and oxygen atoms in total. The lowest BCUT2D eigenvalue weighted by atomic mass is 10.1. The van der Waals surface area contributed by atoms with Crippen LogP contribution >= 0.6 is 23.5 Å². The highest BCUT2D eigenvalue weighted by atomic mass is 32.2. The molecule has 1 aliphatic heterocycles. The molecule has 7 heteroatoms. The van der Waals surface area contributed by atoms with Crippen molar-refractivity contribution in [3.8, 4) is 5.75 Å². The van der Waals surface area contributed by atoms with Gasteiger partial charge in [0.25, 0.3) is 0 Å². The van der Waals surface area contributed by atoms with Crippen molar-refractivity contribution in [3.63, 3.8) is 0 Å². The van der Waals surface area contributed by atoms with E-state index in [1.54, 1.807) is 42.6 Å². The summed E-state index contributed by atoms with van der Waals surface area (Å²) >= 11 is 3.40. The molecular formula is C15H14O5S2. The Morgan fingerprint density at radius 2 is 2.14 bits per heavy atom. The van der Waals surface area contributed by atoms with Gasteiger partial charge in [-0.2, -0.15) is 0 Å². The molecule has 0 aliphatic carbocycles. The van der Waals surface area contributed by atoms with E-state index < -0.39 is 11.6 Å². The number of hydrogen-bond acceptors (Lipinski definition) is 7. The summed E-state index contributed by atoms with van der Waals surface area (Å²) in [6.07, 6.45) is 0. The van der Waals surface area contributed by atoms with Gasteiger partial charge >= 0.3 is 11.6 Å². The fourth-order valence-electron chi connectivity index (χ4n) is 2.30. The Kier molecular flexibility index (Phi) is 4.35. The zero-order valence-corrected chi connectivity index (χ0v) is 13.5. The van der Waals surface area contributed by atoms with Crippen molar-refractivity contribution in [3.05, 3.63) is 39.7 Å². The van der Waals surface area contributed by atoms with Gasteiger partial charge in [-0.05, 0) is 25.1 Å². The molecule has 2 heterocycles. The molecule has 116 valence electrons. The number of carbonyl (C=O) groups is 1. The summed E-state index contributed by atoms with van der Waals surface area (Å²) in [4.78, 5) is 23.8. The number of fused-ring (bicyclic) bond motifs is 1. The van der Waals surface area contributed by atoms with Crippen LogP contribution in [0.4, 0.5) is 0 Å². The second-order valence-electron chi connectivity index (χ2n) is 4.66. The standard InChI is InChI=1S/C15H14O5S2/c1-2-19-13(17)9-7-8-3-4-10(16)11(12(8)20-14(9)18)15-21-5-6-22-15/h3-4,7,15-16H,2,5-6H2,1H3. The Morgan fingerprint density at radius 3 is 2.82 bits per heavy atom. The minimum Gasteiger partial charge on any atom is -0.507 e. The summed E-state index contributed by atoms with van der Waals surface area (Å²) in [6.45, 7) is 1.86. The normalized spacial score (nSPS) is 15.3. The zero-order valence-electron chi connectivity index (χ0n) is 11.8. The minimum atomic E-state index is -0.745. The average molecular weight is 338 g/mol. The third kappa shape index (κ3) is 2.70. The molecule has 3 rings (SSSR count). The Balaban J connectivity index is 2.17. The van der Waals surface area contributed by atoms with Crippen LogP contribution in [0.2, 0.25) is 0 Å². The van der Waals surface area contributed by atoms with Crippen LogP contribution in [0.3, 0.4) is 0 Å². The molecule has 2 aromatic rings. The number of aromatic hydroxyl groups is 1. The SMILES string of the molecule is CCOC(=O)c1cc2ccc(O)c(C3SCCS3)c2oc1=O. The lowest BCUT2D eigenvalue weighted by Crippen LogP contribution is -2.16. The molecule has 0 atom stereocenters. The van der Waals surface area contributed by atoms with Crippen LogP contribution in [-0.4, -0.2) is 29.2 Å². The van der Waals surface area contributed by atoms with Gasteiger partial charge < -0.3 is 14.3 Å². The van der Waals surface area contributed by atoms with E-state index in [9.17, 15) is 14.7 Å². The molecular weight excluding hydrogens is 324 g/mol. The first-order valence-electron chi connectivity index (χ1n) is 6.82. The molecule has 0 amide bonds. The minimum absolute atomic E-state index is 0.0280. The van der Waals surface area contributed by atoms with Crippen molar-refractivity contribution in [2.24, 2.45) is 0 Å². The summed E-state index contributed by atoms with van der Waals surface area (Å²) in [5.74, 6) is 1.37. The van der Waals surface area contributed by atoms with Crippen LogP contribution in [0, 0.1) is 0 Å². The fourth-order valence-corrected chi connectivity index (χ4v) is 5.25. The van der Waals surface area contributed by atoms with Crippen LogP contribution in [0.5, 0.6) is 5.75 Å². The van der Waals surface area contributed by atoms with Crippen LogP contribution < -0.4 is 5.63 Å². The lowest BCUT2D eigenvalue weighted by molar-refractivity contribution is 0.0522. The van der Waals surface area contributed by atoms with Gasteiger partial charge in [-0.3, -0.25) is 0 Å². The third-order valence-corrected chi connectivity index (χ3v) is 6.30. The molecule has 1 N–H and O–H groups in total. The second-order valence-corrected chi connectivity index (χ2v) is 7.38. The summed E-state index contributed by atoms with van der Waals surface area (Å²) in [6, 6.07) is 4.66. The number of esters is 1. The molecule has 0 radical (unpaired) electrons. The number of phenols is 1. The highest BCUT2D eigenvalue weighted by molar-refractivity contribution is 8.19. The molecule has 22 heavy (non-hydrogen) atoms. The van der Waals surface area contributed by atoms with Crippen molar-refractivity contribution < 1.29 is 19.1 Å². The van der Waals surface area contributed by atoms with Crippen LogP contribution in [0.15, 0.2) is 27.4 Å². The molecule has 1 fully saturated rings. The summed E-state index contributed by atoms with van der Waals surface area (Å²) < 4.78 is 10.2. The smallest absolute Gasteiger partial charge is 0.351 e. The van der Waals surface area contributed by atoms with E-state index in [0.29, 0.717) is 16.5 Å². The van der Waals surface area contributed by atoms with E-state index in [4.69, 9.17) is 9.15 Å². The summed E-state index contributed by atoms with van der Waals surface area (Å²) in [5.41, 5.74) is 0.0750. The van der Waals surface area contributed by atoms with Crippen molar-refractivity contribution in [2.45, 2.75) is 11.5 Å². The van der Waals surface area contributed by atoms with Gasteiger partial charge in [0.2, 0.25) is 0 Å². The van der Waals surface area contributed by atoms with Crippen molar-refractivity contribution in [1.29, 1.82) is 0 Å². The van der Waals surface area contributed by atoms with Crippen LogP contribution in [0.1, 0.15) is 27.4 Å². The Morgan fingerprint density at radius 1 is 1.41 bits per heavy atom. The van der Waals surface area contributed by atoms with E-state index in [0.717, 1.165) is 11.5 Å². The van der Waals surface area contributed by atoms with E-state index in [2.05, 4.69) is 0 Å². The fraction of sp³-hybridized carbons (Fsp3) is 0.333. The molecule has 0 unspecified atom stereocenters. The Bertz CT molecular complexity index is 777.